The van der Waals surface area contributed by atoms with E-state index in [1.54, 1.807) is 7.05 Å². The average Bonchev–Trinajstić information content (AvgIpc) is 2.16. The highest BCUT2D eigenvalue weighted by Crippen LogP contribution is 2.12. The molecule has 0 fully saturated rings. The second-order valence-corrected chi connectivity index (χ2v) is 2.95. The SMILES string of the molecule is CCN(C)C(=O)c1ncncc1Cl. The highest BCUT2D eigenvalue weighted by atomic mass is 35.5. The largest absolute Gasteiger partial charge is 0.341 e. The van der Waals surface area contributed by atoms with Crippen molar-refractivity contribution in [3.63, 3.8) is 0 Å². The molecule has 0 aliphatic carbocycles. The molecule has 70 valence electrons. The number of carbonyl (C=O) groups excluding carboxylic acids is 1. The van der Waals surface area contributed by atoms with Crippen LogP contribution in [0.15, 0.2) is 12.5 Å². The van der Waals surface area contributed by atoms with Gasteiger partial charge in [-0.1, -0.05) is 11.6 Å². The van der Waals surface area contributed by atoms with Crippen molar-refractivity contribution in [1.82, 2.24) is 14.9 Å². The molecule has 0 aromatic carbocycles. The van der Waals surface area contributed by atoms with Gasteiger partial charge in [-0.2, -0.15) is 0 Å². The predicted molar refractivity (Wildman–Crippen MR) is 49.7 cm³/mol. The Morgan fingerprint density at radius 1 is 1.69 bits per heavy atom. The van der Waals surface area contributed by atoms with Crippen LogP contribution in [0.2, 0.25) is 5.02 Å². The van der Waals surface area contributed by atoms with Crippen molar-refractivity contribution in [2.24, 2.45) is 0 Å². The number of nitrogens with zero attached hydrogens (tertiary/aromatic N) is 3. The molecular formula is C8H10ClN3O. The van der Waals surface area contributed by atoms with Gasteiger partial charge >= 0.3 is 0 Å². The monoisotopic (exact) mass is 199 g/mol. The minimum absolute atomic E-state index is 0.185. The van der Waals surface area contributed by atoms with Crippen LogP contribution in [0.1, 0.15) is 17.4 Å². The third-order valence-corrected chi connectivity index (χ3v) is 1.97. The average molecular weight is 200 g/mol. The van der Waals surface area contributed by atoms with Crippen LogP contribution in [0.25, 0.3) is 0 Å². The Balaban J connectivity index is 2.95. The van der Waals surface area contributed by atoms with E-state index in [1.807, 2.05) is 6.92 Å². The zero-order chi connectivity index (χ0) is 9.84. The van der Waals surface area contributed by atoms with E-state index in [0.717, 1.165) is 0 Å². The number of hydrogen-bond acceptors (Lipinski definition) is 3. The summed E-state index contributed by atoms with van der Waals surface area (Å²) in [4.78, 5) is 20.6. The van der Waals surface area contributed by atoms with E-state index in [0.29, 0.717) is 6.54 Å². The quantitative estimate of drug-likeness (QED) is 0.720. The number of carbonyl (C=O) groups is 1. The summed E-state index contributed by atoms with van der Waals surface area (Å²) in [6.07, 6.45) is 2.72. The van der Waals surface area contributed by atoms with Crippen LogP contribution < -0.4 is 0 Å². The van der Waals surface area contributed by atoms with E-state index in [1.165, 1.54) is 17.4 Å². The van der Waals surface area contributed by atoms with E-state index in [2.05, 4.69) is 9.97 Å². The third kappa shape index (κ3) is 2.15. The molecule has 0 aliphatic rings. The molecule has 1 aromatic heterocycles. The van der Waals surface area contributed by atoms with Gasteiger partial charge in [-0.25, -0.2) is 9.97 Å². The maximum absolute atomic E-state index is 11.5. The van der Waals surface area contributed by atoms with Crippen molar-refractivity contribution < 1.29 is 4.79 Å². The van der Waals surface area contributed by atoms with E-state index in [-0.39, 0.29) is 16.6 Å². The summed E-state index contributed by atoms with van der Waals surface area (Å²) in [6.45, 7) is 2.51. The van der Waals surface area contributed by atoms with Crippen molar-refractivity contribution in [3.05, 3.63) is 23.2 Å². The van der Waals surface area contributed by atoms with Crippen molar-refractivity contribution >= 4 is 17.5 Å². The molecule has 0 aliphatic heterocycles. The van der Waals surface area contributed by atoms with Gasteiger partial charge in [0.15, 0.2) is 0 Å². The first-order valence-corrected chi connectivity index (χ1v) is 4.25. The lowest BCUT2D eigenvalue weighted by Gasteiger charge is -2.13. The molecule has 1 aromatic rings. The standard InChI is InChI=1S/C8H10ClN3O/c1-3-12(2)8(13)7-6(9)4-10-5-11-7/h4-5H,3H2,1-2H3. The van der Waals surface area contributed by atoms with Crippen LogP contribution in [0.4, 0.5) is 0 Å². The Labute approximate surface area is 81.6 Å². The molecule has 13 heavy (non-hydrogen) atoms. The van der Waals surface area contributed by atoms with Gasteiger partial charge in [-0.15, -0.1) is 0 Å². The fourth-order valence-corrected chi connectivity index (χ4v) is 0.980. The van der Waals surface area contributed by atoms with Gasteiger partial charge in [0.2, 0.25) is 0 Å². The molecule has 0 saturated carbocycles. The van der Waals surface area contributed by atoms with Crippen LogP contribution in [0.5, 0.6) is 0 Å². The zero-order valence-corrected chi connectivity index (χ0v) is 8.25. The molecule has 0 spiro atoms. The van der Waals surface area contributed by atoms with Gasteiger partial charge < -0.3 is 4.90 Å². The topological polar surface area (TPSA) is 46.1 Å². The van der Waals surface area contributed by atoms with E-state index in [4.69, 9.17) is 11.6 Å². The molecule has 0 radical (unpaired) electrons. The predicted octanol–water partition coefficient (Wildman–Crippen LogP) is 1.22. The van der Waals surface area contributed by atoms with E-state index >= 15 is 0 Å². The number of rotatable bonds is 2. The molecule has 5 heteroatoms. The van der Waals surface area contributed by atoms with Gasteiger partial charge in [0, 0.05) is 19.8 Å². The van der Waals surface area contributed by atoms with Gasteiger partial charge in [-0.05, 0) is 6.92 Å². The number of halogens is 1. The Bertz CT molecular complexity index is 316. The smallest absolute Gasteiger partial charge is 0.273 e. The van der Waals surface area contributed by atoms with Gasteiger partial charge in [-0.3, -0.25) is 4.79 Å². The maximum atomic E-state index is 11.5. The summed E-state index contributed by atoms with van der Waals surface area (Å²) < 4.78 is 0. The first-order chi connectivity index (χ1) is 6.16. The third-order valence-electron chi connectivity index (χ3n) is 1.69. The Morgan fingerprint density at radius 3 is 2.92 bits per heavy atom. The van der Waals surface area contributed by atoms with Crippen molar-refractivity contribution in [3.8, 4) is 0 Å². The lowest BCUT2D eigenvalue weighted by atomic mass is 10.3. The van der Waals surface area contributed by atoms with Crippen LogP contribution in [-0.4, -0.2) is 34.4 Å². The Kier molecular flexibility index (Phi) is 3.19. The highest BCUT2D eigenvalue weighted by molar-refractivity contribution is 6.33. The van der Waals surface area contributed by atoms with Gasteiger partial charge in [0.1, 0.15) is 12.0 Å². The van der Waals surface area contributed by atoms with Crippen LogP contribution >= 0.6 is 11.6 Å². The second-order valence-electron chi connectivity index (χ2n) is 2.54. The number of hydrogen-bond donors (Lipinski definition) is 0. The minimum atomic E-state index is -0.185. The summed E-state index contributed by atoms with van der Waals surface area (Å²) in [7, 11) is 1.70. The summed E-state index contributed by atoms with van der Waals surface area (Å²) in [5, 5.41) is 0.285. The minimum Gasteiger partial charge on any atom is -0.341 e. The van der Waals surface area contributed by atoms with Gasteiger partial charge in [0.05, 0.1) is 5.02 Å². The van der Waals surface area contributed by atoms with Crippen LogP contribution in [0.3, 0.4) is 0 Å². The first kappa shape index (κ1) is 9.92. The van der Waals surface area contributed by atoms with Crippen molar-refractivity contribution in [2.45, 2.75) is 6.92 Å². The summed E-state index contributed by atoms with van der Waals surface area (Å²) in [5.41, 5.74) is 0.251. The molecule has 4 nitrogen and oxygen atoms in total. The summed E-state index contributed by atoms with van der Waals surface area (Å²) >= 11 is 5.75. The number of amides is 1. The molecule has 0 N–H and O–H groups in total. The Morgan fingerprint density at radius 2 is 2.38 bits per heavy atom. The molecule has 1 rings (SSSR count). The first-order valence-electron chi connectivity index (χ1n) is 3.87. The molecule has 0 saturated heterocycles. The molecule has 1 amide bonds. The maximum Gasteiger partial charge on any atom is 0.273 e. The van der Waals surface area contributed by atoms with Crippen LogP contribution in [0, 0.1) is 0 Å². The lowest BCUT2D eigenvalue weighted by Crippen LogP contribution is -2.27. The molecule has 1 heterocycles. The number of aromatic nitrogens is 2. The van der Waals surface area contributed by atoms with E-state index in [9.17, 15) is 4.79 Å². The summed E-state index contributed by atoms with van der Waals surface area (Å²) in [5.74, 6) is -0.185. The highest BCUT2D eigenvalue weighted by Gasteiger charge is 2.14. The van der Waals surface area contributed by atoms with E-state index < -0.39 is 0 Å². The molecule has 0 unspecified atom stereocenters. The lowest BCUT2D eigenvalue weighted by molar-refractivity contribution is 0.0796. The fraction of sp³-hybridized carbons (Fsp3) is 0.375. The fourth-order valence-electron chi connectivity index (χ4n) is 0.794. The summed E-state index contributed by atoms with van der Waals surface area (Å²) in [6, 6.07) is 0. The zero-order valence-electron chi connectivity index (χ0n) is 7.49. The van der Waals surface area contributed by atoms with Gasteiger partial charge in [0.25, 0.3) is 5.91 Å². The molecule has 0 atom stereocenters. The normalized spacial score (nSPS) is 9.77. The molecule has 0 bridgehead atoms. The Hall–Kier alpha value is -1.16. The molecular weight excluding hydrogens is 190 g/mol. The van der Waals surface area contributed by atoms with Crippen molar-refractivity contribution in [1.29, 1.82) is 0 Å². The van der Waals surface area contributed by atoms with Crippen LogP contribution in [-0.2, 0) is 0 Å². The second kappa shape index (κ2) is 4.18. The van der Waals surface area contributed by atoms with Crippen molar-refractivity contribution in [2.75, 3.05) is 13.6 Å².